The minimum Gasteiger partial charge on any atom is -0.481 e. The fraction of sp³-hybridized carbons (Fsp3) is 0.474. The maximum absolute atomic E-state index is 13.2. The number of hydrogen-bond donors (Lipinski definition) is 3. The number of nitrogens with one attached hydrogen (secondary N) is 1. The van der Waals surface area contributed by atoms with E-state index in [9.17, 15) is 24.6 Å². The normalized spacial score (nSPS) is 19.8. The highest BCUT2D eigenvalue weighted by Gasteiger charge is 2.39. The van der Waals surface area contributed by atoms with Gasteiger partial charge in [-0.3, -0.25) is 9.59 Å². The average molecular weight is 388 g/mol. The third-order valence-electron chi connectivity index (χ3n) is 4.90. The fourth-order valence-electron chi connectivity index (χ4n) is 3.61. The van der Waals surface area contributed by atoms with Crippen molar-refractivity contribution in [3.8, 4) is 0 Å². The Labute approximate surface area is 162 Å². The number of nitrogens with zero attached hydrogens (tertiary/aromatic N) is 3. The predicted octanol–water partition coefficient (Wildman–Crippen LogP) is 2.11. The number of aromatic nitrogens is 2. The number of likely N-dealkylation sites (tertiary alicyclic amines) is 1. The predicted molar refractivity (Wildman–Crippen MR) is 101 cm³/mol. The molecule has 2 amide bonds. The molecule has 0 saturated carbocycles. The number of imidazole rings is 1. The van der Waals surface area contributed by atoms with Gasteiger partial charge in [0.2, 0.25) is 0 Å². The molecule has 2 aromatic rings. The van der Waals surface area contributed by atoms with Crippen molar-refractivity contribution in [3.05, 3.63) is 30.1 Å². The highest BCUT2D eigenvalue weighted by Crippen LogP contribution is 2.24. The first-order chi connectivity index (χ1) is 13.3. The SMILES string of the molecule is CC(C)CN(C(=O)c1nc2ccccc2[nH]1)[C@H]1C[C@@H](C(=O)O)CN(C(=O)O)C1. The van der Waals surface area contributed by atoms with E-state index in [0.29, 0.717) is 12.1 Å². The molecule has 2 atom stereocenters. The third-order valence-corrected chi connectivity index (χ3v) is 4.90. The first kappa shape index (κ1) is 19.7. The van der Waals surface area contributed by atoms with Crippen molar-refractivity contribution in [2.24, 2.45) is 11.8 Å². The lowest BCUT2D eigenvalue weighted by Crippen LogP contribution is -2.56. The van der Waals surface area contributed by atoms with Gasteiger partial charge in [0, 0.05) is 19.6 Å². The van der Waals surface area contributed by atoms with Crippen molar-refractivity contribution in [1.82, 2.24) is 19.8 Å². The second-order valence-corrected chi connectivity index (χ2v) is 7.57. The molecule has 9 heteroatoms. The number of H-pyrrole nitrogens is 1. The van der Waals surface area contributed by atoms with Crippen molar-refractivity contribution >= 4 is 29.0 Å². The summed E-state index contributed by atoms with van der Waals surface area (Å²) in [6.45, 7) is 4.28. The van der Waals surface area contributed by atoms with Crippen LogP contribution in [-0.4, -0.2) is 73.6 Å². The molecule has 1 aromatic carbocycles. The smallest absolute Gasteiger partial charge is 0.407 e. The third kappa shape index (κ3) is 4.08. The van der Waals surface area contributed by atoms with Crippen LogP contribution in [0.15, 0.2) is 24.3 Å². The Morgan fingerprint density at radius 1 is 1.25 bits per heavy atom. The second kappa shape index (κ2) is 7.87. The van der Waals surface area contributed by atoms with Gasteiger partial charge < -0.3 is 25.0 Å². The lowest BCUT2D eigenvalue weighted by atomic mass is 9.92. The average Bonchev–Trinajstić information content (AvgIpc) is 3.09. The molecular weight excluding hydrogens is 364 g/mol. The first-order valence-electron chi connectivity index (χ1n) is 9.22. The lowest BCUT2D eigenvalue weighted by Gasteiger charge is -2.41. The number of para-hydroxylation sites is 2. The molecule has 9 nitrogen and oxygen atoms in total. The molecule has 1 aliphatic heterocycles. The van der Waals surface area contributed by atoms with E-state index in [-0.39, 0.29) is 37.2 Å². The Bertz CT molecular complexity index is 838. The topological polar surface area (TPSA) is 127 Å². The summed E-state index contributed by atoms with van der Waals surface area (Å²) < 4.78 is 0. The van der Waals surface area contributed by atoms with Gasteiger partial charge in [-0.1, -0.05) is 26.0 Å². The van der Waals surface area contributed by atoms with Crippen molar-refractivity contribution in [2.75, 3.05) is 19.6 Å². The van der Waals surface area contributed by atoms with E-state index in [2.05, 4.69) is 9.97 Å². The van der Waals surface area contributed by atoms with Crippen LogP contribution >= 0.6 is 0 Å². The number of aliphatic carboxylic acids is 1. The minimum atomic E-state index is -1.18. The van der Waals surface area contributed by atoms with Gasteiger partial charge in [-0.15, -0.1) is 0 Å². The zero-order valence-electron chi connectivity index (χ0n) is 15.8. The molecule has 0 spiro atoms. The maximum atomic E-state index is 13.2. The molecular formula is C19H24N4O5. The molecule has 2 heterocycles. The number of hydrogen-bond acceptors (Lipinski definition) is 4. The van der Waals surface area contributed by atoms with E-state index >= 15 is 0 Å². The van der Waals surface area contributed by atoms with Gasteiger partial charge in [0.1, 0.15) is 0 Å². The number of piperidine rings is 1. The van der Waals surface area contributed by atoms with Crippen LogP contribution in [0.1, 0.15) is 30.9 Å². The Balaban J connectivity index is 1.92. The Morgan fingerprint density at radius 3 is 2.57 bits per heavy atom. The number of carboxylic acid groups (broad SMARTS) is 2. The largest absolute Gasteiger partial charge is 0.481 e. The molecule has 0 unspecified atom stereocenters. The van der Waals surface area contributed by atoms with Crippen LogP contribution in [0.4, 0.5) is 4.79 Å². The standard InChI is InChI=1S/C19H24N4O5/c1-11(2)8-23(13-7-12(18(25)26)9-22(10-13)19(27)28)17(24)16-20-14-5-3-4-6-15(14)21-16/h3-6,11-13H,7-10H2,1-2H3,(H,20,21)(H,25,26)(H,27,28)/t12-,13+/m1/s1. The molecule has 1 aliphatic rings. The van der Waals surface area contributed by atoms with Gasteiger partial charge >= 0.3 is 12.1 Å². The van der Waals surface area contributed by atoms with Crippen molar-refractivity contribution in [1.29, 1.82) is 0 Å². The van der Waals surface area contributed by atoms with Crippen LogP contribution in [0.25, 0.3) is 11.0 Å². The van der Waals surface area contributed by atoms with Crippen LogP contribution in [0.5, 0.6) is 0 Å². The molecule has 3 N–H and O–H groups in total. The molecule has 1 aromatic heterocycles. The van der Waals surface area contributed by atoms with Crippen LogP contribution in [0, 0.1) is 11.8 Å². The van der Waals surface area contributed by atoms with Crippen molar-refractivity contribution < 1.29 is 24.6 Å². The summed E-state index contributed by atoms with van der Waals surface area (Å²) >= 11 is 0. The highest BCUT2D eigenvalue weighted by molar-refractivity contribution is 5.94. The first-order valence-corrected chi connectivity index (χ1v) is 9.22. The van der Waals surface area contributed by atoms with E-state index in [1.54, 1.807) is 11.0 Å². The van der Waals surface area contributed by atoms with Gasteiger partial charge in [-0.05, 0) is 24.5 Å². The number of carboxylic acids is 1. The zero-order valence-corrected chi connectivity index (χ0v) is 15.8. The fourth-order valence-corrected chi connectivity index (χ4v) is 3.61. The summed E-state index contributed by atoms with van der Waals surface area (Å²) in [6, 6.07) is 6.74. The molecule has 0 aliphatic carbocycles. The minimum absolute atomic E-state index is 0.0739. The number of aromatic amines is 1. The Kier molecular flexibility index (Phi) is 5.53. The number of benzene rings is 1. The molecule has 3 rings (SSSR count). The Hall–Kier alpha value is -3.10. The van der Waals surface area contributed by atoms with Gasteiger partial charge in [0.15, 0.2) is 5.82 Å². The van der Waals surface area contributed by atoms with E-state index in [1.165, 1.54) is 0 Å². The van der Waals surface area contributed by atoms with Crippen LogP contribution in [0.2, 0.25) is 0 Å². The van der Waals surface area contributed by atoms with Crippen molar-refractivity contribution in [2.45, 2.75) is 26.3 Å². The molecule has 0 bridgehead atoms. The Morgan fingerprint density at radius 2 is 1.96 bits per heavy atom. The lowest BCUT2D eigenvalue weighted by molar-refractivity contribution is -0.144. The molecule has 0 radical (unpaired) electrons. The monoisotopic (exact) mass is 388 g/mol. The van der Waals surface area contributed by atoms with E-state index in [0.717, 1.165) is 10.4 Å². The van der Waals surface area contributed by atoms with Crippen molar-refractivity contribution in [3.63, 3.8) is 0 Å². The number of fused-ring (bicyclic) bond motifs is 1. The van der Waals surface area contributed by atoms with Gasteiger partial charge in [0.05, 0.1) is 23.0 Å². The summed E-state index contributed by atoms with van der Waals surface area (Å²) in [7, 11) is 0. The quantitative estimate of drug-likeness (QED) is 0.720. The number of rotatable bonds is 5. The molecule has 150 valence electrons. The summed E-state index contributed by atoms with van der Waals surface area (Å²) in [5, 5.41) is 18.8. The van der Waals surface area contributed by atoms with E-state index in [4.69, 9.17) is 0 Å². The number of amides is 2. The highest BCUT2D eigenvalue weighted by atomic mass is 16.4. The number of carbonyl (C=O) groups excluding carboxylic acids is 1. The van der Waals surface area contributed by atoms with Crippen LogP contribution in [-0.2, 0) is 4.79 Å². The second-order valence-electron chi connectivity index (χ2n) is 7.57. The van der Waals surface area contributed by atoms with Crippen LogP contribution in [0.3, 0.4) is 0 Å². The maximum Gasteiger partial charge on any atom is 0.407 e. The van der Waals surface area contributed by atoms with Gasteiger partial charge in [0.25, 0.3) is 5.91 Å². The molecule has 1 saturated heterocycles. The van der Waals surface area contributed by atoms with Crippen LogP contribution < -0.4 is 0 Å². The summed E-state index contributed by atoms with van der Waals surface area (Å²) in [5.74, 6) is -1.98. The summed E-state index contributed by atoms with van der Waals surface area (Å²) in [4.78, 5) is 46.2. The molecule has 1 fully saturated rings. The number of carbonyl (C=O) groups is 3. The molecule has 28 heavy (non-hydrogen) atoms. The van der Waals surface area contributed by atoms with E-state index < -0.39 is 24.0 Å². The van der Waals surface area contributed by atoms with Gasteiger partial charge in [-0.25, -0.2) is 9.78 Å². The zero-order chi connectivity index (χ0) is 20.4. The summed E-state index contributed by atoms with van der Waals surface area (Å²) in [6.07, 6.45) is -0.978. The van der Waals surface area contributed by atoms with Gasteiger partial charge in [-0.2, -0.15) is 0 Å². The summed E-state index contributed by atoms with van der Waals surface area (Å²) in [5.41, 5.74) is 1.39. The van der Waals surface area contributed by atoms with E-state index in [1.807, 2.05) is 32.0 Å².